The summed E-state index contributed by atoms with van der Waals surface area (Å²) in [6.45, 7) is 8.01. The van der Waals surface area contributed by atoms with E-state index in [2.05, 4.69) is 30.2 Å². The molecule has 0 aliphatic rings. The molecule has 0 aromatic heterocycles. The molecule has 0 spiro atoms. The van der Waals surface area contributed by atoms with Crippen LogP contribution in [0.2, 0.25) is 0 Å². The van der Waals surface area contributed by atoms with E-state index in [0.29, 0.717) is 0 Å². The molecule has 0 radical (unpaired) electrons. The summed E-state index contributed by atoms with van der Waals surface area (Å²) in [7, 11) is 0. The Morgan fingerprint density at radius 3 is 1.27 bits per heavy atom. The van der Waals surface area contributed by atoms with E-state index >= 15 is 0 Å². The molecule has 4 nitrogen and oxygen atoms in total. The van der Waals surface area contributed by atoms with E-state index in [0.717, 1.165) is 0 Å². The third-order valence-electron chi connectivity index (χ3n) is 1.33. The summed E-state index contributed by atoms with van der Waals surface area (Å²) < 4.78 is 0. The quantitative estimate of drug-likeness (QED) is 0.532. The summed E-state index contributed by atoms with van der Waals surface area (Å²) in [4.78, 5) is 1.79. The van der Waals surface area contributed by atoms with E-state index in [4.69, 9.17) is 10.2 Å². The second kappa shape index (κ2) is 10.4. The number of nitrogens with two attached hydrogens (primary N) is 1. The van der Waals surface area contributed by atoms with Gasteiger partial charge in [0.2, 0.25) is 0 Å². The van der Waals surface area contributed by atoms with E-state index in [9.17, 15) is 0 Å². The maximum Gasteiger partial charge on any atom is 0.257 e. The number of hydrogen-bond acceptors (Lipinski definition) is 2. The fraction of sp³-hybridized carbons (Fsp3) is 0.750. The molecule has 0 rings (SSSR count). The van der Waals surface area contributed by atoms with Gasteiger partial charge < -0.3 is 20.8 Å². The second-order valence-electron chi connectivity index (χ2n) is 3.22. The number of rotatable bonds is 2. The molecule has 0 bridgehead atoms. The zero-order chi connectivity index (χ0) is 11.9. The van der Waals surface area contributed by atoms with Gasteiger partial charge in [0.15, 0.2) is 0 Å². The number of nitrogens with zero attached hydrogens (tertiary/aromatic N) is 1. The molecule has 0 fully saturated rings. The van der Waals surface area contributed by atoms with Crippen LogP contribution in [0.25, 0.3) is 0 Å². The van der Waals surface area contributed by atoms with Gasteiger partial charge in [0, 0.05) is 29.2 Å². The van der Waals surface area contributed by atoms with Crippen molar-refractivity contribution in [3.63, 3.8) is 0 Å². The molecule has 7 heteroatoms. The van der Waals surface area contributed by atoms with E-state index < -0.39 is 5.17 Å². The fourth-order valence-electron chi connectivity index (χ4n) is 1.04. The van der Waals surface area contributed by atoms with Gasteiger partial charge in [-0.3, -0.25) is 0 Å². The van der Waals surface area contributed by atoms with Crippen molar-refractivity contribution in [1.82, 2.24) is 4.90 Å². The maximum absolute atomic E-state index is 9.01. The predicted octanol–water partition coefficient (Wildman–Crippen LogP) is 1.73. The van der Waals surface area contributed by atoms with Crippen molar-refractivity contribution in [2.75, 3.05) is 0 Å². The number of aliphatic hydroxyl groups is 2. The first kappa shape index (κ1) is 20.3. The van der Waals surface area contributed by atoms with Crippen molar-refractivity contribution in [2.24, 2.45) is 5.73 Å². The fourth-order valence-corrected chi connectivity index (χ4v) is 1.46. The van der Waals surface area contributed by atoms with Crippen molar-refractivity contribution in [1.29, 1.82) is 0 Å². The molecule has 0 aromatic carbocycles. The average molecular weight is 294 g/mol. The van der Waals surface area contributed by atoms with Gasteiger partial charge >= 0.3 is 0 Å². The normalized spacial score (nSPS) is 8.67. The van der Waals surface area contributed by atoms with Crippen LogP contribution in [0.4, 0.5) is 0 Å². The molecule has 0 aromatic rings. The minimum Gasteiger partial charge on any atom is -0.487 e. The first-order chi connectivity index (χ1) is 6.20. The van der Waals surface area contributed by atoms with E-state index in [-0.39, 0.29) is 34.3 Å². The van der Waals surface area contributed by atoms with Crippen molar-refractivity contribution >= 4 is 34.8 Å². The number of aliphatic hydroxyl groups excluding tert-OH is 2. The van der Waals surface area contributed by atoms with E-state index in [1.165, 1.54) is 0 Å². The molecule has 0 amide bonds. The summed E-state index contributed by atoms with van der Waals surface area (Å²) in [5.74, 6) is 0. The molecule has 0 aliphatic heterocycles. The Kier molecular flexibility index (Phi) is 14.1. The first-order valence-corrected chi connectivity index (χ1v) is 5.01. The summed E-state index contributed by atoms with van der Waals surface area (Å²) in [6.07, 6.45) is 0. The van der Waals surface area contributed by atoms with Gasteiger partial charge in [0.25, 0.3) is 10.3 Å². The van der Waals surface area contributed by atoms with Gasteiger partial charge in [-0.05, 0) is 52.1 Å². The van der Waals surface area contributed by atoms with Crippen molar-refractivity contribution < 1.29 is 27.3 Å². The minimum atomic E-state index is -0.500. The Morgan fingerprint density at radius 2 is 1.27 bits per heavy atom. The monoisotopic (exact) mass is 294 g/mol. The minimum absolute atomic E-state index is 0. The topological polar surface area (TPSA) is 69.7 Å². The second-order valence-corrected chi connectivity index (χ2v) is 4.00. The van der Waals surface area contributed by atoms with Gasteiger partial charge in [-0.15, -0.1) is 0 Å². The van der Waals surface area contributed by atoms with Crippen LogP contribution in [-0.4, -0.2) is 37.5 Å². The molecular formula is C8H18FeN2O2S2. The van der Waals surface area contributed by atoms with Crippen LogP contribution in [0, 0.1) is 0 Å². The molecular weight excluding hydrogens is 276 g/mol. The van der Waals surface area contributed by atoms with Crippen molar-refractivity contribution in [3.05, 3.63) is 0 Å². The Balaban J connectivity index is -0.000000249. The Hall–Kier alpha value is -0.101. The summed E-state index contributed by atoms with van der Waals surface area (Å²) in [5, 5.41) is 16.1. The van der Waals surface area contributed by atoms with Gasteiger partial charge in [-0.1, -0.05) is 0 Å². The third kappa shape index (κ3) is 13.9. The summed E-state index contributed by atoms with van der Waals surface area (Å²) >= 11 is 8.52. The molecule has 15 heavy (non-hydrogen) atoms. The Morgan fingerprint density at radius 1 is 1.07 bits per heavy atom. The number of hydrogen-bond donors (Lipinski definition) is 3. The molecule has 0 aliphatic carbocycles. The van der Waals surface area contributed by atoms with Crippen LogP contribution in [0.3, 0.4) is 0 Å². The van der Waals surface area contributed by atoms with Crippen molar-refractivity contribution in [3.8, 4) is 0 Å². The zero-order valence-electron chi connectivity index (χ0n) is 9.24. The van der Waals surface area contributed by atoms with Gasteiger partial charge in [-0.2, -0.15) is 0 Å². The molecule has 0 saturated heterocycles. The van der Waals surface area contributed by atoms with Crippen molar-refractivity contribution in [2.45, 2.75) is 39.8 Å². The van der Waals surface area contributed by atoms with Crippen LogP contribution in [0.1, 0.15) is 27.7 Å². The predicted molar refractivity (Wildman–Crippen MR) is 66.8 cm³/mol. The Labute approximate surface area is 112 Å². The van der Waals surface area contributed by atoms with Crippen LogP contribution >= 0.6 is 24.4 Å². The van der Waals surface area contributed by atoms with Crippen LogP contribution in [-0.2, 0) is 17.1 Å². The van der Waals surface area contributed by atoms with Gasteiger partial charge in [-0.25, -0.2) is 0 Å². The summed E-state index contributed by atoms with van der Waals surface area (Å²) in [6, 6.07) is 0.551. The number of thiocarbonyl (C=S) groups is 2. The molecule has 0 saturated carbocycles. The maximum atomic E-state index is 9.01. The third-order valence-corrected chi connectivity index (χ3v) is 1.54. The smallest absolute Gasteiger partial charge is 0.257 e. The van der Waals surface area contributed by atoms with Crippen LogP contribution < -0.4 is 5.73 Å². The zero-order valence-corrected chi connectivity index (χ0v) is 12.0. The molecule has 0 heterocycles. The largest absolute Gasteiger partial charge is 0.487 e. The van der Waals surface area contributed by atoms with Gasteiger partial charge in [0.1, 0.15) is 0 Å². The Bertz CT molecular complexity index is 189. The summed E-state index contributed by atoms with van der Waals surface area (Å²) in [5.41, 5.74) is 4.40. The SMILES string of the molecule is CC(C)N(C(O)=S)C(C)C.NC(O)=S.[Fe]. The van der Waals surface area contributed by atoms with Gasteiger partial charge in [0.05, 0.1) is 0 Å². The molecule has 4 N–H and O–H groups in total. The van der Waals surface area contributed by atoms with Crippen LogP contribution in [0.5, 0.6) is 0 Å². The molecule has 0 atom stereocenters. The molecule has 92 valence electrons. The van der Waals surface area contributed by atoms with E-state index in [1.54, 1.807) is 4.90 Å². The average Bonchev–Trinajstić information content (AvgIpc) is 1.80. The van der Waals surface area contributed by atoms with E-state index in [1.807, 2.05) is 27.7 Å². The molecule has 0 unspecified atom stereocenters. The van der Waals surface area contributed by atoms with Crippen LogP contribution in [0.15, 0.2) is 0 Å². The first-order valence-electron chi connectivity index (χ1n) is 4.19. The standard InChI is InChI=1S/C7H15NOS.CH3NOS.Fe/c1-5(2)8(6(3)4)7(9)10;2-1(3)4;/h5-6H,1-4H3,(H,9,10);(H3,2,3,4);.